The third-order valence-electron chi connectivity index (χ3n) is 4.01. The van der Waals surface area contributed by atoms with E-state index in [2.05, 4.69) is 0 Å². The Kier molecular flexibility index (Phi) is 2.07. The van der Waals surface area contributed by atoms with Crippen molar-refractivity contribution in [2.75, 3.05) is 11.9 Å². The van der Waals surface area contributed by atoms with Crippen LogP contribution in [-0.2, 0) is 0 Å². The van der Waals surface area contributed by atoms with E-state index < -0.39 is 0 Å². The van der Waals surface area contributed by atoms with Crippen molar-refractivity contribution in [1.82, 2.24) is 4.90 Å². The van der Waals surface area contributed by atoms with Gasteiger partial charge in [0.25, 0.3) is 11.8 Å². The molecule has 2 amide bonds. The molecule has 2 aliphatic rings. The second kappa shape index (κ2) is 3.70. The Bertz CT molecular complexity index is 754. The highest BCUT2D eigenvalue weighted by molar-refractivity contribution is 6.16. The third kappa shape index (κ3) is 1.20. The predicted octanol–water partition coefficient (Wildman–Crippen LogP) is 2.43. The fraction of sp³-hybridized carbons (Fsp3) is 0.125. The van der Waals surface area contributed by atoms with E-state index in [1.165, 1.54) is 0 Å². The van der Waals surface area contributed by atoms with Crippen LogP contribution < -0.4 is 4.90 Å². The summed E-state index contributed by atoms with van der Waals surface area (Å²) in [5, 5.41) is 0. The van der Waals surface area contributed by atoms with Crippen molar-refractivity contribution in [3.05, 3.63) is 65.2 Å². The van der Waals surface area contributed by atoms with Crippen LogP contribution in [-0.4, -0.2) is 23.8 Å². The highest BCUT2D eigenvalue weighted by Gasteiger charge is 2.45. The van der Waals surface area contributed by atoms with Crippen LogP contribution >= 0.6 is 0 Å². The second-order valence-electron chi connectivity index (χ2n) is 5.07. The quantitative estimate of drug-likeness (QED) is 0.733. The zero-order valence-electron chi connectivity index (χ0n) is 10.9. The van der Waals surface area contributed by atoms with E-state index in [1.54, 1.807) is 22.9 Å². The largest absolute Gasteiger partial charge is 0.317 e. The van der Waals surface area contributed by atoms with E-state index >= 15 is 0 Å². The average Bonchev–Trinajstić information content (AvgIpc) is 2.79. The molecule has 0 saturated carbocycles. The molecule has 20 heavy (non-hydrogen) atoms. The summed E-state index contributed by atoms with van der Waals surface area (Å²) in [7, 11) is 1.74. The van der Waals surface area contributed by atoms with Gasteiger partial charge in [0.05, 0.1) is 11.3 Å². The third-order valence-corrected chi connectivity index (χ3v) is 4.01. The topological polar surface area (TPSA) is 40.6 Å². The van der Waals surface area contributed by atoms with E-state index in [4.69, 9.17) is 0 Å². The SMILES string of the molecule is CN1C(=O)c2ccccc2N2C(=O)c3ccccc3[C@H]12. The van der Waals surface area contributed by atoms with Crippen LogP contribution in [0.5, 0.6) is 0 Å². The summed E-state index contributed by atoms with van der Waals surface area (Å²) >= 11 is 0. The van der Waals surface area contributed by atoms with Crippen LogP contribution in [0, 0.1) is 0 Å². The van der Waals surface area contributed by atoms with Gasteiger partial charge in [-0.2, -0.15) is 0 Å². The minimum Gasteiger partial charge on any atom is -0.317 e. The molecule has 2 aromatic carbocycles. The molecular formula is C16H12N2O2. The first-order valence-electron chi connectivity index (χ1n) is 6.49. The summed E-state index contributed by atoms with van der Waals surface area (Å²) in [6.45, 7) is 0. The van der Waals surface area contributed by atoms with Crippen LogP contribution in [0.1, 0.15) is 32.4 Å². The van der Waals surface area contributed by atoms with Gasteiger partial charge in [-0.15, -0.1) is 0 Å². The van der Waals surface area contributed by atoms with Crippen LogP contribution in [0.4, 0.5) is 5.69 Å². The van der Waals surface area contributed by atoms with Crippen molar-refractivity contribution in [2.24, 2.45) is 0 Å². The van der Waals surface area contributed by atoms with Gasteiger partial charge >= 0.3 is 0 Å². The zero-order valence-corrected chi connectivity index (χ0v) is 10.9. The molecule has 0 radical (unpaired) electrons. The van der Waals surface area contributed by atoms with Crippen molar-refractivity contribution < 1.29 is 9.59 Å². The predicted molar refractivity (Wildman–Crippen MR) is 74.5 cm³/mol. The maximum Gasteiger partial charge on any atom is 0.260 e. The Morgan fingerprint density at radius 3 is 2.30 bits per heavy atom. The summed E-state index contributed by atoms with van der Waals surface area (Å²) in [4.78, 5) is 28.4. The number of hydrogen-bond acceptors (Lipinski definition) is 2. The van der Waals surface area contributed by atoms with Gasteiger partial charge in [0.15, 0.2) is 0 Å². The van der Waals surface area contributed by atoms with Crippen LogP contribution in [0.3, 0.4) is 0 Å². The van der Waals surface area contributed by atoms with E-state index in [-0.39, 0.29) is 18.0 Å². The Balaban J connectivity index is 2.01. The number of carbonyl (C=O) groups is 2. The second-order valence-corrected chi connectivity index (χ2v) is 5.07. The molecule has 0 aliphatic carbocycles. The van der Waals surface area contributed by atoms with Gasteiger partial charge in [-0.1, -0.05) is 30.3 Å². The number of hydrogen-bond donors (Lipinski definition) is 0. The lowest BCUT2D eigenvalue weighted by atomic mass is 10.0. The molecule has 0 aromatic heterocycles. The molecule has 0 unspecified atom stereocenters. The van der Waals surface area contributed by atoms with E-state index in [1.807, 2.05) is 42.5 Å². The molecule has 0 spiro atoms. The molecule has 0 fully saturated rings. The van der Waals surface area contributed by atoms with Gasteiger partial charge in [0, 0.05) is 18.2 Å². The van der Waals surface area contributed by atoms with Gasteiger partial charge in [0.1, 0.15) is 6.17 Å². The van der Waals surface area contributed by atoms with Gasteiger partial charge in [-0.05, 0) is 18.2 Å². The van der Waals surface area contributed by atoms with Crippen molar-refractivity contribution in [3.63, 3.8) is 0 Å². The molecule has 2 heterocycles. The standard InChI is InChI=1S/C16H12N2O2/c1-17-14-10-6-2-3-7-11(10)16(20)18(14)13-9-5-4-8-12(13)15(17)19/h2-9,14H,1H3/t14-/m1/s1. The first-order valence-corrected chi connectivity index (χ1v) is 6.49. The van der Waals surface area contributed by atoms with Crippen molar-refractivity contribution >= 4 is 17.5 Å². The first-order chi connectivity index (χ1) is 9.70. The zero-order chi connectivity index (χ0) is 13.9. The monoisotopic (exact) mass is 264 g/mol. The summed E-state index contributed by atoms with van der Waals surface area (Å²) in [6.07, 6.45) is -0.332. The lowest BCUT2D eigenvalue weighted by Crippen LogP contribution is -2.46. The lowest BCUT2D eigenvalue weighted by Gasteiger charge is -2.38. The number of para-hydroxylation sites is 1. The molecule has 2 aromatic rings. The van der Waals surface area contributed by atoms with Crippen LogP contribution in [0.2, 0.25) is 0 Å². The number of amides is 2. The number of anilines is 1. The van der Waals surface area contributed by atoms with Gasteiger partial charge in [-0.25, -0.2) is 0 Å². The number of nitrogens with zero attached hydrogens (tertiary/aromatic N) is 2. The van der Waals surface area contributed by atoms with Crippen molar-refractivity contribution in [2.45, 2.75) is 6.17 Å². The van der Waals surface area contributed by atoms with Crippen LogP contribution in [0.25, 0.3) is 0 Å². The normalized spacial score (nSPS) is 19.8. The van der Waals surface area contributed by atoms with Gasteiger partial charge < -0.3 is 4.90 Å². The number of carbonyl (C=O) groups excluding carboxylic acids is 2. The van der Waals surface area contributed by atoms with E-state index in [9.17, 15) is 9.59 Å². The minimum absolute atomic E-state index is 0.0441. The van der Waals surface area contributed by atoms with Crippen molar-refractivity contribution in [3.8, 4) is 0 Å². The maximum atomic E-state index is 12.6. The Morgan fingerprint density at radius 1 is 0.850 bits per heavy atom. The fourth-order valence-electron chi connectivity index (χ4n) is 3.09. The Morgan fingerprint density at radius 2 is 1.50 bits per heavy atom. The molecule has 4 nitrogen and oxygen atoms in total. The molecule has 1 atom stereocenters. The molecule has 0 N–H and O–H groups in total. The lowest BCUT2D eigenvalue weighted by molar-refractivity contribution is 0.0702. The Hall–Kier alpha value is -2.62. The van der Waals surface area contributed by atoms with Crippen molar-refractivity contribution in [1.29, 1.82) is 0 Å². The molecule has 0 saturated heterocycles. The fourth-order valence-corrected chi connectivity index (χ4v) is 3.09. The van der Waals surface area contributed by atoms with Crippen LogP contribution in [0.15, 0.2) is 48.5 Å². The van der Waals surface area contributed by atoms with Gasteiger partial charge in [-0.3, -0.25) is 14.5 Å². The highest BCUT2D eigenvalue weighted by atomic mass is 16.2. The average molecular weight is 264 g/mol. The number of benzene rings is 2. The highest BCUT2D eigenvalue weighted by Crippen LogP contribution is 2.44. The summed E-state index contributed by atoms with van der Waals surface area (Å²) in [6, 6.07) is 14.7. The van der Waals surface area contributed by atoms with E-state index in [0.29, 0.717) is 16.8 Å². The minimum atomic E-state index is -0.332. The molecule has 4 heteroatoms. The number of fused-ring (bicyclic) bond motifs is 5. The summed E-state index contributed by atoms with van der Waals surface area (Å²) < 4.78 is 0. The van der Waals surface area contributed by atoms with Gasteiger partial charge in [0.2, 0.25) is 0 Å². The van der Waals surface area contributed by atoms with E-state index in [0.717, 1.165) is 5.56 Å². The first kappa shape index (κ1) is 11.2. The molecule has 4 rings (SSSR count). The summed E-state index contributed by atoms with van der Waals surface area (Å²) in [5.41, 5.74) is 2.84. The molecular weight excluding hydrogens is 252 g/mol. The smallest absolute Gasteiger partial charge is 0.260 e. The maximum absolute atomic E-state index is 12.6. The molecule has 0 bridgehead atoms. The Labute approximate surface area is 116 Å². The molecule has 98 valence electrons. The molecule has 2 aliphatic heterocycles. The number of rotatable bonds is 0. The summed E-state index contributed by atoms with van der Waals surface area (Å²) in [5.74, 6) is -0.0937.